The number of pyridine rings is 3. The van der Waals surface area contributed by atoms with Crippen molar-refractivity contribution in [2.75, 3.05) is 127 Å². The highest BCUT2D eigenvalue weighted by Crippen LogP contribution is 2.37. The second-order valence-electron chi connectivity index (χ2n) is 28.8. The monoisotopic (exact) mass is 1650 g/mol. The summed E-state index contributed by atoms with van der Waals surface area (Å²) < 4.78 is 83.5. The predicted molar refractivity (Wildman–Crippen MR) is 429 cm³/mol. The number of fused-ring (bicyclic) bond motifs is 1. The highest BCUT2D eigenvalue weighted by atomic mass is 35.5. The van der Waals surface area contributed by atoms with E-state index in [4.69, 9.17) is 44.3 Å². The molecule has 9 heterocycles. The molecule has 0 radical (unpaired) electrons. The molecule has 5 saturated heterocycles. The zero-order chi connectivity index (χ0) is 80.0. The zero-order valence-corrected chi connectivity index (χ0v) is 67.1. The van der Waals surface area contributed by atoms with Crippen LogP contribution < -0.4 is 46.6 Å². The molecule has 34 heteroatoms. The molecule has 7 amide bonds. The van der Waals surface area contributed by atoms with Crippen LogP contribution in [0.3, 0.4) is 0 Å². The van der Waals surface area contributed by atoms with Gasteiger partial charge in [0.25, 0.3) is 23.6 Å². The Hall–Kier alpha value is -9.34. The molecular formula is C78H90Cl3N13O15S3. The Kier molecular flexibility index (Phi) is 28.0. The molecule has 0 bridgehead atoms. The summed E-state index contributed by atoms with van der Waals surface area (Å²) in [5.41, 5.74) is 3.41. The van der Waals surface area contributed by atoms with Gasteiger partial charge in [-0.2, -0.15) is 0 Å². The van der Waals surface area contributed by atoms with Crippen LogP contribution in [0.5, 0.6) is 0 Å². The minimum Gasteiger partial charge on any atom is -0.383 e. The van der Waals surface area contributed by atoms with E-state index < -0.39 is 53.3 Å². The van der Waals surface area contributed by atoms with Gasteiger partial charge >= 0.3 is 0 Å². The number of sulfone groups is 3. The average Bonchev–Trinajstić information content (AvgIpc) is 1.64. The summed E-state index contributed by atoms with van der Waals surface area (Å²) in [6.07, 6.45) is 15.8. The fourth-order valence-corrected chi connectivity index (χ4v) is 16.7. The number of halogens is 3. The molecule has 596 valence electrons. The topological polar surface area (TPSA) is 364 Å². The Labute approximate surface area is 666 Å². The van der Waals surface area contributed by atoms with Crippen LogP contribution >= 0.6 is 34.8 Å². The van der Waals surface area contributed by atoms with Crippen LogP contribution in [-0.4, -0.2) is 190 Å². The number of anilines is 7. The van der Waals surface area contributed by atoms with Crippen molar-refractivity contribution in [3.63, 3.8) is 0 Å². The summed E-state index contributed by atoms with van der Waals surface area (Å²) in [6.45, 7) is 6.28. The maximum Gasteiger partial charge on any atom is 0.255 e. The quantitative estimate of drug-likeness (QED) is 0.0367. The minimum atomic E-state index is -3.56. The molecule has 7 aromatic rings. The third-order valence-corrected chi connectivity index (χ3v) is 24.4. The highest BCUT2D eigenvalue weighted by Gasteiger charge is 2.36. The first-order chi connectivity index (χ1) is 53.4. The Balaban J connectivity index is 0.000000167. The maximum atomic E-state index is 12.9. The largest absolute Gasteiger partial charge is 0.383 e. The molecule has 6 N–H and O–H groups in total. The van der Waals surface area contributed by atoms with Crippen molar-refractivity contribution in [3.8, 4) is 0 Å². The Morgan fingerprint density at radius 1 is 0.509 bits per heavy atom. The van der Waals surface area contributed by atoms with Crippen LogP contribution in [0.4, 0.5) is 40.2 Å². The summed E-state index contributed by atoms with van der Waals surface area (Å²) in [7, 11) is -8.94. The van der Waals surface area contributed by atoms with Crippen LogP contribution in [0, 0.1) is 17.8 Å². The molecule has 0 aliphatic carbocycles. The van der Waals surface area contributed by atoms with Gasteiger partial charge in [-0.25, -0.2) is 40.2 Å². The third kappa shape index (κ3) is 22.5. The summed E-state index contributed by atoms with van der Waals surface area (Å²) in [4.78, 5) is 110. The molecule has 1 unspecified atom stereocenters. The van der Waals surface area contributed by atoms with Gasteiger partial charge in [-0.05, 0) is 154 Å². The number of methoxy groups -OCH3 is 1. The van der Waals surface area contributed by atoms with Crippen molar-refractivity contribution >= 4 is 146 Å². The molecule has 6 aliphatic rings. The fraction of sp³-hybridized carbons (Fsp3) is 0.410. The molecule has 5 fully saturated rings. The maximum absolute atomic E-state index is 12.9. The Morgan fingerprint density at radius 3 is 1.29 bits per heavy atom. The molecular weight excluding hydrogens is 1560 g/mol. The van der Waals surface area contributed by atoms with Crippen LogP contribution in [-0.2, 0) is 58.2 Å². The lowest BCUT2D eigenvalue weighted by Crippen LogP contribution is -2.41. The first-order valence-corrected chi connectivity index (χ1v) is 43.6. The van der Waals surface area contributed by atoms with Crippen molar-refractivity contribution in [1.29, 1.82) is 0 Å². The van der Waals surface area contributed by atoms with Gasteiger partial charge in [0.15, 0.2) is 47.0 Å². The lowest BCUT2D eigenvalue weighted by Gasteiger charge is -2.34. The number of nitrogens with one attached hydrogen (secondary N) is 6. The van der Waals surface area contributed by atoms with E-state index in [-0.39, 0.29) is 80.3 Å². The average molecular weight is 1650 g/mol. The minimum absolute atomic E-state index is 0.0123. The van der Waals surface area contributed by atoms with E-state index in [1.54, 1.807) is 79.9 Å². The number of rotatable bonds is 22. The molecule has 4 aromatic carbocycles. The van der Waals surface area contributed by atoms with Gasteiger partial charge in [-0.15, -0.1) is 0 Å². The van der Waals surface area contributed by atoms with Crippen LogP contribution in [0.15, 0.2) is 149 Å². The van der Waals surface area contributed by atoms with Gasteiger partial charge in [-0.1, -0.05) is 71.2 Å². The number of carbonyl (C=O) groups excluding carboxylic acids is 7. The highest BCUT2D eigenvalue weighted by molar-refractivity contribution is 7.91. The second kappa shape index (κ2) is 37.5. The van der Waals surface area contributed by atoms with E-state index in [0.717, 1.165) is 75.8 Å². The van der Waals surface area contributed by atoms with Crippen LogP contribution in [0.2, 0.25) is 15.1 Å². The number of nitrogens with zero attached hydrogens (tertiary/aromatic N) is 7. The van der Waals surface area contributed by atoms with E-state index in [1.165, 1.54) is 42.9 Å². The molecule has 3 aromatic heterocycles. The third-order valence-electron chi connectivity index (χ3n) is 20.4. The Bertz CT molecular complexity index is 5000. The lowest BCUT2D eigenvalue weighted by atomic mass is 9.92. The van der Waals surface area contributed by atoms with E-state index in [2.05, 4.69) is 46.9 Å². The zero-order valence-electron chi connectivity index (χ0n) is 62.3. The van der Waals surface area contributed by atoms with Gasteiger partial charge in [-0.3, -0.25) is 33.6 Å². The molecule has 3 atom stereocenters. The Morgan fingerprint density at radius 2 is 0.911 bits per heavy atom. The normalized spacial score (nSPS) is 18.2. The number of hydrogen-bond acceptors (Lipinski definition) is 21. The van der Waals surface area contributed by atoms with Gasteiger partial charge < -0.3 is 61.0 Å². The van der Waals surface area contributed by atoms with Crippen molar-refractivity contribution in [1.82, 2.24) is 30.5 Å². The van der Waals surface area contributed by atoms with Crippen molar-refractivity contribution in [2.24, 2.45) is 17.8 Å². The SMILES string of the molecule is COC[C@H]1CCCN1C(=O)CC1CCN(c2ncc(S(C)(=O)=O)cc2NC(=O)c2cccc(Cl)c2)CC1.CS(=O)(=O)c1cnc(N2CCC(CC(=O)NC3C(=O)Nc4ccccc43)CC2)c(NC(=O)c2cccc(Cl)c2)c1.CS(=O)(=O)c1cnc(N2CCC(CC(=O)N[C@@H]3CCOC3)CC2)c(NC(=O)c2cccc(Cl)c2)c1. The molecule has 28 nitrogen and oxygen atoms in total. The number of benzene rings is 4. The van der Waals surface area contributed by atoms with Crippen LogP contribution in [0.25, 0.3) is 0 Å². The van der Waals surface area contributed by atoms with Gasteiger partial charge in [0.2, 0.25) is 17.7 Å². The van der Waals surface area contributed by atoms with E-state index in [0.29, 0.717) is 151 Å². The van der Waals surface area contributed by atoms with Crippen molar-refractivity contribution in [2.45, 2.75) is 110 Å². The van der Waals surface area contributed by atoms with Gasteiger partial charge in [0.1, 0.15) is 6.04 Å². The number of hydrogen-bond donors (Lipinski definition) is 6. The smallest absolute Gasteiger partial charge is 0.255 e. The first kappa shape index (κ1) is 83.6. The summed E-state index contributed by atoms with van der Waals surface area (Å²) in [6, 6.07) is 30.6. The van der Waals surface area contributed by atoms with Gasteiger partial charge in [0, 0.05) is 159 Å². The number of aromatic nitrogens is 3. The van der Waals surface area contributed by atoms with E-state index in [1.807, 2.05) is 37.8 Å². The number of carbonyl (C=O) groups is 7. The number of para-hydroxylation sites is 1. The van der Waals surface area contributed by atoms with Crippen LogP contribution in [0.1, 0.15) is 120 Å². The summed E-state index contributed by atoms with van der Waals surface area (Å²) in [5.74, 6) is 0.567. The molecule has 6 aliphatic heterocycles. The second-order valence-corrected chi connectivity index (χ2v) is 36.1. The fourth-order valence-electron chi connectivity index (χ4n) is 14.4. The van der Waals surface area contributed by atoms with Gasteiger partial charge in [0.05, 0.1) is 57.0 Å². The predicted octanol–water partition coefficient (Wildman–Crippen LogP) is 10.3. The number of piperidine rings is 3. The summed E-state index contributed by atoms with van der Waals surface area (Å²) in [5, 5.41) is 18.3. The molecule has 0 saturated carbocycles. The number of amides is 7. The standard InChI is InChI=1S/C28H28ClN5O5S.C26H33ClN4O5S.C24H29ClN4O5S/c1-40(38,39)20-15-23(32-27(36)18-5-4-6-19(29)14-18)26(30-16-20)34-11-9-17(10-12-34)13-24(35)33-25-21-7-2-3-8-22(21)31-28(25)37;1-36-17-21-7-4-10-31(21)24(32)13-18-8-11-30(12-9-18)25-23(15-22(16-28-25)37(2,34)35)29-26(33)19-5-3-6-20(27)14-19;1-35(32,33)20-13-21(28-24(31)17-3-2-4-18(25)12-17)23(26-14-20)29-8-5-16(6-9-29)11-22(30)27-19-7-10-34-15-19/h2-8,14-17,25H,9-13H2,1H3,(H,31,37)(H,32,36)(H,33,35);3,5-6,14-16,18,21H,4,7-13,17H2,1-2H3,(H,29,33);2-4,12-14,16,19H,5-11,15H2,1H3,(H,27,30)(H,28,31)/t;21-;19-/m.11/s1. The number of likely N-dealkylation sites (tertiary alicyclic amines) is 1. The summed E-state index contributed by atoms with van der Waals surface area (Å²) >= 11 is 18.1. The van der Waals surface area contributed by atoms with E-state index >= 15 is 0 Å². The first-order valence-electron chi connectivity index (χ1n) is 36.8. The van der Waals surface area contributed by atoms with E-state index in [9.17, 15) is 58.8 Å². The lowest BCUT2D eigenvalue weighted by molar-refractivity contribution is -0.134. The molecule has 13 rings (SSSR count). The van der Waals surface area contributed by atoms with Crippen molar-refractivity contribution < 1.29 is 68.3 Å². The molecule has 0 spiro atoms. The molecule has 112 heavy (non-hydrogen) atoms. The van der Waals surface area contributed by atoms with Crippen molar-refractivity contribution in [3.05, 3.63) is 171 Å². The number of ether oxygens (including phenoxy) is 2.